The summed E-state index contributed by atoms with van der Waals surface area (Å²) in [4.78, 5) is 2.53. The topological polar surface area (TPSA) is 12.5 Å². The summed E-state index contributed by atoms with van der Waals surface area (Å²) in [6.07, 6.45) is 0. The zero-order valence-electron chi connectivity index (χ0n) is 9.47. The third-order valence-electron chi connectivity index (χ3n) is 3.34. The normalized spacial score (nSPS) is 30.9. The molecule has 0 radical (unpaired) electrons. The number of nitrogens with zero attached hydrogens (tertiary/aromatic N) is 1. The highest BCUT2D eigenvalue weighted by atomic mass is 16.5. The van der Waals surface area contributed by atoms with Crippen molar-refractivity contribution in [2.24, 2.45) is 11.3 Å². The molecule has 0 N–H and O–H groups in total. The Balaban J connectivity index is 0.000000396. The van der Waals surface area contributed by atoms with Gasteiger partial charge in [0.2, 0.25) is 0 Å². The van der Waals surface area contributed by atoms with Crippen molar-refractivity contribution in [2.45, 2.75) is 27.7 Å². The Kier molecular flexibility index (Phi) is 3.74. The smallest absolute Gasteiger partial charge is 0.0560 e. The minimum absolute atomic E-state index is 0.552. The van der Waals surface area contributed by atoms with Crippen molar-refractivity contribution in [2.75, 3.05) is 32.8 Å². The lowest BCUT2D eigenvalue weighted by molar-refractivity contribution is -0.124. The highest BCUT2D eigenvalue weighted by molar-refractivity contribution is 4.98. The number of likely N-dealkylation sites (tertiary alicyclic amines) is 1. The van der Waals surface area contributed by atoms with E-state index < -0.39 is 0 Å². The Hall–Kier alpha value is -0.0800. The second-order valence-corrected chi connectivity index (χ2v) is 4.08. The first-order chi connectivity index (χ1) is 6.27. The summed E-state index contributed by atoms with van der Waals surface area (Å²) in [6.45, 7) is 14.4. The first kappa shape index (κ1) is 11.0. The van der Waals surface area contributed by atoms with Gasteiger partial charge in [0.1, 0.15) is 0 Å². The molecule has 0 saturated carbocycles. The van der Waals surface area contributed by atoms with E-state index >= 15 is 0 Å². The molecule has 1 atom stereocenters. The van der Waals surface area contributed by atoms with Crippen molar-refractivity contribution in [3.63, 3.8) is 0 Å². The largest absolute Gasteiger partial charge is 0.380 e. The number of hydrogen-bond donors (Lipinski definition) is 0. The van der Waals surface area contributed by atoms with E-state index in [9.17, 15) is 0 Å². The second-order valence-electron chi connectivity index (χ2n) is 4.08. The van der Waals surface area contributed by atoms with Gasteiger partial charge in [0.05, 0.1) is 13.2 Å². The van der Waals surface area contributed by atoms with Crippen molar-refractivity contribution >= 4 is 0 Å². The maximum atomic E-state index is 5.30. The molecular weight excluding hydrogens is 162 g/mol. The highest BCUT2D eigenvalue weighted by Crippen LogP contribution is 2.41. The van der Waals surface area contributed by atoms with Gasteiger partial charge in [-0.25, -0.2) is 0 Å². The summed E-state index contributed by atoms with van der Waals surface area (Å²) in [5.41, 5.74) is 0.552. The van der Waals surface area contributed by atoms with Crippen LogP contribution in [0.4, 0.5) is 0 Å². The van der Waals surface area contributed by atoms with Gasteiger partial charge in [-0.15, -0.1) is 0 Å². The minimum atomic E-state index is 0.552. The van der Waals surface area contributed by atoms with Crippen LogP contribution in [0.5, 0.6) is 0 Å². The molecule has 1 unspecified atom stereocenters. The molecule has 2 heteroatoms. The zero-order chi connectivity index (χ0) is 9.90. The maximum Gasteiger partial charge on any atom is 0.0560 e. The van der Waals surface area contributed by atoms with Crippen LogP contribution in [0.3, 0.4) is 0 Å². The SMILES string of the molecule is CC.CCN1CC(C)C2(COC2)C1. The molecule has 78 valence electrons. The lowest BCUT2D eigenvalue weighted by Crippen LogP contribution is -2.48. The van der Waals surface area contributed by atoms with Gasteiger partial charge in [-0.3, -0.25) is 0 Å². The fraction of sp³-hybridized carbons (Fsp3) is 1.00. The number of hydrogen-bond acceptors (Lipinski definition) is 2. The molecule has 1 spiro atoms. The quantitative estimate of drug-likeness (QED) is 0.619. The van der Waals surface area contributed by atoms with E-state index in [1.54, 1.807) is 0 Å². The van der Waals surface area contributed by atoms with Crippen LogP contribution in [-0.2, 0) is 4.74 Å². The molecule has 13 heavy (non-hydrogen) atoms. The van der Waals surface area contributed by atoms with E-state index in [-0.39, 0.29) is 0 Å². The summed E-state index contributed by atoms with van der Waals surface area (Å²) >= 11 is 0. The second kappa shape index (κ2) is 4.43. The average Bonchev–Trinajstić information content (AvgIpc) is 2.45. The van der Waals surface area contributed by atoms with Crippen molar-refractivity contribution in [3.8, 4) is 0 Å². The standard InChI is InChI=1S/C9H17NO.C2H6/c1-3-10-4-8(2)9(5-10)6-11-7-9;1-2/h8H,3-7H2,1-2H3;1-2H3. The molecule has 2 fully saturated rings. The molecule has 2 aliphatic rings. The Morgan fingerprint density at radius 1 is 1.38 bits per heavy atom. The number of ether oxygens (including phenoxy) is 1. The molecule has 0 aromatic carbocycles. The van der Waals surface area contributed by atoms with E-state index in [1.165, 1.54) is 19.6 Å². The Labute approximate surface area is 82.3 Å². The Morgan fingerprint density at radius 3 is 2.23 bits per heavy atom. The fourth-order valence-electron chi connectivity index (χ4n) is 2.23. The first-order valence-corrected chi connectivity index (χ1v) is 5.57. The van der Waals surface area contributed by atoms with Gasteiger partial charge in [0, 0.05) is 18.5 Å². The molecule has 0 aliphatic carbocycles. The summed E-state index contributed by atoms with van der Waals surface area (Å²) in [5, 5.41) is 0. The Bertz CT molecular complexity index is 154. The summed E-state index contributed by atoms with van der Waals surface area (Å²) < 4.78 is 5.30. The van der Waals surface area contributed by atoms with E-state index in [2.05, 4.69) is 18.7 Å². The van der Waals surface area contributed by atoms with E-state index in [1.807, 2.05) is 13.8 Å². The maximum absolute atomic E-state index is 5.30. The molecule has 2 rings (SSSR count). The van der Waals surface area contributed by atoms with E-state index in [0.717, 1.165) is 19.1 Å². The van der Waals surface area contributed by atoms with Crippen LogP contribution < -0.4 is 0 Å². The van der Waals surface area contributed by atoms with Gasteiger partial charge >= 0.3 is 0 Å². The van der Waals surface area contributed by atoms with Crippen LogP contribution in [-0.4, -0.2) is 37.7 Å². The van der Waals surface area contributed by atoms with Gasteiger partial charge in [0.25, 0.3) is 0 Å². The third-order valence-corrected chi connectivity index (χ3v) is 3.34. The van der Waals surface area contributed by atoms with Gasteiger partial charge in [-0.1, -0.05) is 27.7 Å². The van der Waals surface area contributed by atoms with E-state index in [0.29, 0.717) is 5.41 Å². The Morgan fingerprint density at radius 2 is 2.00 bits per heavy atom. The first-order valence-electron chi connectivity index (χ1n) is 5.57. The molecule has 0 bridgehead atoms. The lowest BCUT2D eigenvalue weighted by atomic mass is 9.77. The number of rotatable bonds is 1. The molecule has 2 nitrogen and oxygen atoms in total. The van der Waals surface area contributed by atoms with Gasteiger partial charge in [-0.2, -0.15) is 0 Å². The van der Waals surface area contributed by atoms with Crippen LogP contribution in [0.15, 0.2) is 0 Å². The van der Waals surface area contributed by atoms with Crippen molar-refractivity contribution < 1.29 is 4.74 Å². The monoisotopic (exact) mass is 185 g/mol. The molecule has 2 aliphatic heterocycles. The summed E-state index contributed by atoms with van der Waals surface area (Å²) in [7, 11) is 0. The predicted octanol–water partition coefficient (Wildman–Crippen LogP) is 2.00. The van der Waals surface area contributed by atoms with Crippen LogP contribution >= 0.6 is 0 Å². The minimum Gasteiger partial charge on any atom is -0.380 e. The van der Waals surface area contributed by atoms with Crippen molar-refractivity contribution in [1.29, 1.82) is 0 Å². The fourth-order valence-corrected chi connectivity index (χ4v) is 2.23. The molecule has 2 heterocycles. The third kappa shape index (κ3) is 1.89. The van der Waals surface area contributed by atoms with Crippen molar-refractivity contribution in [3.05, 3.63) is 0 Å². The molecule has 2 saturated heterocycles. The van der Waals surface area contributed by atoms with E-state index in [4.69, 9.17) is 4.74 Å². The summed E-state index contributed by atoms with van der Waals surface area (Å²) in [6, 6.07) is 0. The van der Waals surface area contributed by atoms with Gasteiger partial charge in [-0.05, 0) is 12.5 Å². The van der Waals surface area contributed by atoms with Gasteiger partial charge in [0.15, 0.2) is 0 Å². The van der Waals surface area contributed by atoms with Crippen molar-refractivity contribution in [1.82, 2.24) is 4.90 Å². The lowest BCUT2D eigenvalue weighted by Gasteiger charge is -2.41. The van der Waals surface area contributed by atoms with Crippen LogP contribution in [0.2, 0.25) is 0 Å². The molecule has 0 amide bonds. The average molecular weight is 185 g/mol. The van der Waals surface area contributed by atoms with Crippen LogP contribution in [0.1, 0.15) is 27.7 Å². The van der Waals surface area contributed by atoms with Gasteiger partial charge < -0.3 is 9.64 Å². The van der Waals surface area contributed by atoms with Crippen LogP contribution in [0.25, 0.3) is 0 Å². The molecule has 0 aromatic heterocycles. The summed E-state index contributed by atoms with van der Waals surface area (Å²) in [5.74, 6) is 0.844. The predicted molar refractivity (Wildman–Crippen MR) is 55.9 cm³/mol. The van der Waals surface area contributed by atoms with Crippen LogP contribution in [0, 0.1) is 11.3 Å². The highest BCUT2D eigenvalue weighted by Gasteiger charge is 2.49. The molecule has 0 aromatic rings. The zero-order valence-corrected chi connectivity index (χ0v) is 9.47. The molecular formula is C11H23NO.